The van der Waals surface area contributed by atoms with E-state index in [4.69, 9.17) is 9.72 Å². The van der Waals surface area contributed by atoms with Gasteiger partial charge >= 0.3 is 0 Å². The van der Waals surface area contributed by atoms with Gasteiger partial charge in [0, 0.05) is 23.6 Å². The van der Waals surface area contributed by atoms with Crippen LogP contribution in [0, 0.1) is 12.8 Å². The number of hydrogen-bond acceptors (Lipinski definition) is 7. The summed E-state index contributed by atoms with van der Waals surface area (Å²) in [6.07, 6.45) is 0.769. The van der Waals surface area contributed by atoms with E-state index in [0.717, 1.165) is 21.7 Å². The molecule has 2 aliphatic rings. The lowest BCUT2D eigenvalue weighted by Gasteiger charge is -2.26. The third-order valence-electron chi connectivity index (χ3n) is 7.14. The van der Waals surface area contributed by atoms with Crippen molar-refractivity contribution in [3.05, 3.63) is 86.0 Å². The molecule has 2 aliphatic heterocycles. The van der Waals surface area contributed by atoms with Gasteiger partial charge in [0.1, 0.15) is 4.83 Å². The second kappa shape index (κ2) is 9.80. The number of aryl methyl sites for hydroxylation is 1. The number of rotatable bonds is 6. The van der Waals surface area contributed by atoms with Gasteiger partial charge in [-0.1, -0.05) is 49.9 Å². The maximum atomic E-state index is 14.1. The highest BCUT2D eigenvalue weighted by molar-refractivity contribution is 7.99. The predicted molar refractivity (Wildman–Crippen MR) is 150 cm³/mol. The highest BCUT2D eigenvalue weighted by atomic mass is 32.2. The van der Waals surface area contributed by atoms with E-state index < -0.39 is 0 Å². The molecule has 0 spiro atoms. The molecule has 6 rings (SSSR count). The number of ether oxygens (including phenoxy) is 1. The first-order valence-electron chi connectivity index (χ1n) is 12.7. The smallest absolute Gasteiger partial charge is 0.267 e. The molecule has 7 nitrogen and oxygen atoms in total. The number of thioether (sulfide) groups is 1. The largest absolute Gasteiger partial charge is 0.372 e. The SMILES string of the molecule is Cc1cccc(-n2c(SCCN3C(=O)c4ccccc4C3=O)nc3sc4c(c3c2=O)C[C@@H](C(C)C)OC4)c1. The van der Waals surface area contributed by atoms with Crippen LogP contribution in [0.4, 0.5) is 0 Å². The van der Waals surface area contributed by atoms with Crippen LogP contribution in [0.2, 0.25) is 0 Å². The van der Waals surface area contributed by atoms with Crippen LogP contribution in [0.25, 0.3) is 15.9 Å². The fourth-order valence-corrected chi connectivity index (χ4v) is 7.20. The lowest BCUT2D eigenvalue weighted by atomic mass is 9.96. The van der Waals surface area contributed by atoms with Crippen LogP contribution in [0.1, 0.15) is 50.6 Å². The number of benzene rings is 2. The minimum atomic E-state index is -0.281. The average Bonchev–Trinajstić information content (AvgIpc) is 3.39. The molecule has 2 aromatic heterocycles. The first-order chi connectivity index (χ1) is 18.3. The van der Waals surface area contributed by atoms with Gasteiger partial charge in [-0.2, -0.15) is 0 Å². The molecule has 0 bridgehead atoms. The molecule has 4 heterocycles. The number of carbonyl (C=O) groups is 2. The number of nitrogens with zero attached hydrogens (tertiary/aromatic N) is 3. The molecule has 38 heavy (non-hydrogen) atoms. The number of thiophene rings is 1. The normalized spacial score (nSPS) is 16.9. The minimum Gasteiger partial charge on any atom is -0.372 e. The number of imide groups is 1. The van der Waals surface area contributed by atoms with Crippen LogP contribution >= 0.6 is 23.1 Å². The van der Waals surface area contributed by atoms with Gasteiger partial charge in [0.2, 0.25) is 0 Å². The molecular weight excluding hydrogens is 518 g/mol. The van der Waals surface area contributed by atoms with Gasteiger partial charge in [0.15, 0.2) is 5.16 Å². The lowest BCUT2D eigenvalue weighted by molar-refractivity contribution is 0.00200. The van der Waals surface area contributed by atoms with E-state index in [0.29, 0.717) is 51.2 Å². The average molecular weight is 546 g/mol. The Bertz CT molecular complexity index is 1620. The van der Waals surface area contributed by atoms with Crippen LogP contribution in [-0.4, -0.2) is 44.7 Å². The maximum absolute atomic E-state index is 14.1. The van der Waals surface area contributed by atoms with E-state index >= 15 is 0 Å². The van der Waals surface area contributed by atoms with Crippen LogP contribution in [0.5, 0.6) is 0 Å². The molecule has 1 atom stereocenters. The molecule has 0 unspecified atom stereocenters. The lowest BCUT2D eigenvalue weighted by Crippen LogP contribution is -2.32. The van der Waals surface area contributed by atoms with Crippen molar-refractivity contribution < 1.29 is 14.3 Å². The number of amides is 2. The van der Waals surface area contributed by atoms with Gasteiger partial charge in [-0.25, -0.2) is 4.98 Å². The maximum Gasteiger partial charge on any atom is 0.267 e. The Balaban J connectivity index is 1.37. The fraction of sp³-hybridized carbons (Fsp3) is 0.310. The third kappa shape index (κ3) is 4.19. The Morgan fingerprint density at radius 3 is 2.50 bits per heavy atom. The second-order valence-electron chi connectivity index (χ2n) is 10.0. The number of carbonyl (C=O) groups excluding carboxylic acids is 2. The van der Waals surface area contributed by atoms with Crippen molar-refractivity contribution in [1.82, 2.24) is 14.5 Å². The van der Waals surface area contributed by atoms with Gasteiger partial charge in [-0.3, -0.25) is 23.9 Å². The van der Waals surface area contributed by atoms with Crippen molar-refractivity contribution in [1.29, 1.82) is 0 Å². The summed E-state index contributed by atoms with van der Waals surface area (Å²) in [4.78, 5) is 47.7. The zero-order valence-corrected chi connectivity index (χ0v) is 23.0. The summed E-state index contributed by atoms with van der Waals surface area (Å²) >= 11 is 2.90. The Kier molecular flexibility index (Phi) is 6.45. The first-order valence-corrected chi connectivity index (χ1v) is 14.5. The van der Waals surface area contributed by atoms with Crippen molar-refractivity contribution >= 4 is 45.1 Å². The molecular formula is C29H27N3O4S2. The van der Waals surface area contributed by atoms with E-state index in [2.05, 4.69) is 13.8 Å². The molecule has 2 amide bonds. The van der Waals surface area contributed by atoms with Crippen LogP contribution < -0.4 is 5.56 Å². The zero-order chi connectivity index (χ0) is 26.6. The Morgan fingerprint density at radius 1 is 1.08 bits per heavy atom. The molecule has 9 heteroatoms. The second-order valence-corrected chi connectivity index (χ2v) is 12.2. The molecule has 0 aliphatic carbocycles. The van der Waals surface area contributed by atoms with Crippen LogP contribution in [0.3, 0.4) is 0 Å². The molecule has 0 fully saturated rings. The van der Waals surface area contributed by atoms with Gasteiger partial charge in [0.05, 0.1) is 34.9 Å². The highest BCUT2D eigenvalue weighted by Crippen LogP contribution is 2.36. The van der Waals surface area contributed by atoms with Gasteiger partial charge in [0.25, 0.3) is 17.4 Å². The van der Waals surface area contributed by atoms with Gasteiger partial charge in [-0.15, -0.1) is 11.3 Å². The molecule has 0 saturated carbocycles. The standard InChI is InChI=1S/C29H27N3O4S2/c1-16(2)22-14-21-23(15-36-22)38-25-24(21)28(35)32(18-8-6-7-17(3)13-18)29(30-25)37-12-11-31-26(33)19-9-4-5-10-20(19)27(31)34/h4-10,13,16,22H,11-12,14-15H2,1-3H3/t22-/m0/s1. The minimum absolute atomic E-state index is 0.0702. The van der Waals surface area contributed by atoms with Gasteiger partial charge in [-0.05, 0) is 48.2 Å². The van der Waals surface area contributed by atoms with Crippen molar-refractivity contribution in [2.75, 3.05) is 12.3 Å². The summed E-state index contributed by atoms with van der Waals surface area (Å²) in [5, 5.41) is 1.22. The van der Waals surface area contributed by atoms with Crippen molar-refractivity contribution in [3.63, 3.8) is 0 Å². The predicted octanol–water partition coefficient (Wildman–Crippen LogP) is 5.24. The summed E-state index contributed by atoms with van der Waals surface area (Å²) in [5.41, 5.74) is 3.62. The first kappa shape index (κ1) is 25.0. The quantitative estimate of drug-likeness (QED) is 0.187. The number of hydrogen-bond donors (Lipinski definition) is 0. The van der Waals surface area contributed by atoms with E-state index in [1.54, 1.807) is 28.8 Å². The highest BCUT2D eigenvalue weighted by Gasteiger charge is 2.35. The van der Waals surface area contributed by atoms with Crippen LogP contribution in [0.15, 0.2) is 58.5 Å². The van der Waals surface area contributed by atoms with E-state index in [9.17, 15) is 14.4 Å². The summed E-state index contributed by atoms with van der Waals surface area (Å²) in [5.74, 6) is 0.202. The summed E-state index contributed by atoms with van der Waals surface area (Å²) in [6, 6.07) is 14.7. The fourth-order valence-electron chi connectivity index (χ4n) is 5.10. The molecule has 0 N–H and O–H groups in total. The Morgan fingerprint density at radius 2 is 1.82 bits per heavy atom. The Hall–Kier alpha value is -3.27. The zero-order valence-electron chi connectivity index (χ0n) is 21.4. The summed E-state index contributed by atoms with van der Waals surface area (Å²) in [6.45, 7) is 6.98. The molecule has 2 aromatic carbocycles. The van der Waals surface area contributed by atoms with E-state index in [1.165, 1.54) is 28.0 Å². The monoisotopic (exact) mass is 545 g/mol. The molecule has 194 valence electrons. The molecule has 0 saturated heterocycles. The molecule has 4 aromatic rings. The van der Waals surface area contributed by atoms with E-state index in [-0.39, 0.29) is 30.0 Å². The van der Waals surface area contributed by atoms with E-state index in [1.807, 2.05) is 31.2 Å². The Labute approximate surface area is 228 Å². The van der Waals surface area contributed by atoms with Crippen molar-refractivity contribution in [2.24, 2.45) is 5.92 Å². The number of fused-ring (bicyclic) bond motifs is 4. The molecule has 0 radical (unpaired) electrons. The van der Waals surface area contributed by atoms with Gasteiger partial charge < -0.3 is 4.74 Å². The topological polar surface area (TPSA) is 81.5 Å². The van der Waals surface area contributed by atoms with Crippen molar-refractivity contribution in [2.45, 2.75) is 45.1 Å². The summed E-state index contributed by atoms with van der Waals surface area (Å²) < 4.78 is 7.74. The van der Waals surface area contributed by atoms with Crippen molar-refractivity contribution in [3.8, 4) is 5.69 Å². The third-order valence-corrected chi connectivity index (χ3v) is 9.16. The summed E-state index contributed by atoms with van der Waals surface area (Å²) in [7, 11) is 0. The number of aromatic nitrogens is 2. The van der Waals surface area contributed by atoms with Crippen LogP contribution in [-0.2, 0) is 17.8 Å².